The summed E-state index contributed by atoms with van der Waals surface area (Å²) >= 11 is 0. The standard InChI is InChI=1S/C10H16N4O/c1-8(2)6-10(11)13-14-12-9-4-3-5-15-7-9/h3-5,8H,6-7H2,1-2H3,(H2,11,12,13). The smallest absolute Gasteiger partial charge is 0.131 e. The van der Waals surface area contributed by atoms with Crippen molar-refractivity contribution >= 4 is 5.84 Å². The van der Waals surface area contributed by atoms with Crippen molar-refractivity contribution in [2.75, 3.05) is 6.61 Å². The highest BCUT2D eigenvalue weighted by Crippen LogP contribution is 2.04. The van der Waals surface area contributed by atoms with E-state index in [0.717, 1.165) is 5.70 Å². The molecule has 15 heavy (non-hydrogen) atoms. The maximum absolute atomic E-state index is 7.51. The van der Waals surface area contributed by atoms with Crippen LogP contribution in [0.4, 0.5) is 0 Å². The van der Waals surface area contributed by atoms with E-state index in [2.05, 4.69) is 29.6 Å². The fraction of sp³-hybridized carbons (Fsp3) is 0.500. The molecule has 0 saturated heterocycles. The molecule has 0 aliphatic carbocycles. The molecule has 0 unspecified atom stereocenters. The SMILES string of the molecule is CC(C)CC(=N)NN=NC1=CC=COC1. The Hall–Kier alpha value is -1.65. The average Bonchev–Trinajstić information content (AvgIpc) is 2.18. The lowest BCUT2D eigenvalue weighted by atomic mass is 10.1. The number of rotatable bonds is 4. The first-order valence-corrected chi connectivity index (χ1v) is 4.90. The van der Waals surface area contributed by atoms with E-state index in [1.54, 1.807) is 12.3 Å². The van der Waals surface area contributed by atoms with Crippen molar-refractivity contribution in [3.05, 3.63) is 24.1 Å². The fourth-order valence-corrected chi connectivity index (χ4v) is 1.05. The van der Waals surface area contributed by atoms with Gasteiger partial charge in [0.05, 0.1) is 6.26 Å². The van der Waals surface area contributed by atoms with E-state index in [4.69, 9.17) is 10.1 Å². The summed E-state index contributed by atoms with van der Waals surface area (Å²) in [7, 11) is 0. The summed E-state index contributed by atoms with van der Waals surface area (Å²) in [5, 5.41) is 15.1. The van der Waals surface area contributed by atoms with Crippen LogP contribution >= 0.6 is 0 Å². The highest BCUT2D eigenvalue weighted by atomic mass is 16.5. The van der Waals surface area contributed by atoms with Gasteiger partial charge in [0.15, 0.2) is 0 Å². The van der Waals surface area contributed by atoms with Gasteiger partial charge in [0.2, 0.25) is 0 Å². The predicted octanol–water partition coefficient (Wildman–Crippen LogP) is 2.39. The number of nitrogens with one attached hydrogen (secondary N) is 2. The molecule has 5 nitrogen and oxygen atoms in total. The van der Waals surface area contributed by atoms with Gasteiger partial charge in [0.25, 0.3) is 0 Å². The van der Waals surface area contributed by atoms with Crippen LogP contribution in [-0.4, -0.2) is 12.4 Å². The van der Waals surface area contributed by atoms with Crippen molar-refractivity contribution in [1.29, 1.82) is 5.41 Å². The average molecular weight is 208 g/mol. The molecule has 1 aliphatic heterocycles. The summed E-state index contributed by atoms with van der Waals surface area (Å²) in [5.74, 6) is 0.821. The van der Waals surface area contributed by atoms with Crippen LogP contribution in [0.15, 0.2) is 34.4 Å². The van der Waals surface area contributed by atoms with E-state index in [1.165, 1.54) is 0 Å². The van der Waals surface area contributed by atoms with Gasteiger partial charge in [-0.05, 0) is 18.1 Å². The van der Waals surface area contributed by atoms with Gasteiger partial charge < -0.3 is 4.74 Å². The molecule has 1 aliphatic rings. The first kappa shape index (κ1) is 11.4. The highest BCUT2D eigenvalue weighted by molar-refractivity contribution is 5.78. The van der Waals surface area contributed by atoms with E-state index >= 15 is 0 Å². The maximum Gasteiger partial charge on any atom is 0.131 e. The van der Waals surface area contributed by atoms with Crippen LogP contribution in [0.25, 0.3) is 0 Å². The van der Waals surface area contributed by atoms with E-state index < -0.39 is 0 Å². The van der Waals surface area contributed by atoms with Crippen molar-refractivity contribution in [3.63, 3.8) is 0 Å². The van der Waals surface area contributed by atoms with Crippen molar-refractivity contribution < 1.29 is 4.74 Å². The largest absolute Gasteiger partial charge is 0.495 e. The van der Waals surface area contributed by atoms with Gasteiger partial charge >= 0.3 is 0 Å². The normalized spacial score (nSPS) is 15.3. The Morgan fingerprint density at radius 1 is 1.67 bits per heavy atom. The van der Waals surface area contributed by atoms with Crippen LogP contribution in [-0.2, 0) is 4.74 Å². The molecule has 0 amide bonds. The van der Waals surface area contributed by atoms with E-state index in [-0.39, 0.29) is 0 Å². The molecule has 82 valence electrons. The third-order valence-electron chi connectivity index (χ3n) is 1.67. The lowest BCUT2D eigenvalue weighted by Gasteiger charge is -2.06. The van der Waals surface area contributed by atoms with Gasteiger partial charge in [-0.2, -0.15) is 0 Å². The van der Waals surface area contributed by atoms with Gasteiger partial charge in [-0.3, -0.25) is 5.41 Å². The molecular formula is C10H16N4O. The zero-order valence-electron chi connectivity index (χ0n) is 9.03. The zero-order chi connectivity index (χ0) is 11.1. The van der Waals surface area contributed by atoms with E-state index in [0.29, 0.717) is 24.8 Å². The molecule has 1 heterocycles. The molecule has 2 N–H and O–H groups in total. The van der Waals surface area contributed by atoms with Crippen LogP contribution in [0.3, 0.4) is 0 Å². The monoisotopic (exact) mass is 208 g/mol. The summed E-state index contributed by atoms with van der Waals surface area (Å²) in [6.07, 6.45) is 5.86. The Morgan fingerprint density at radius 3 is 3.07 bits per heavy atom. The molecule has 5 heteroatoms. The summed E-state index contributed by atoms with van der Waals surface area (Å²) in [6, 6.07) is 0. The Labute approximate surface area is 89.4 Å². The van der Waals surface area contributed by atoms with Crippen molar-refractivity contribution in [3.8, 4) is 0 Å². The van der Waals surface area contributed by atoms with Crippen LogP contribution in [0, 0.1) is 11.3 Å². The number of hydrogen-bond donors (Lipinski definition) is 2. The molecule has 0 radical (unpaired) electrons. The maximum atomic E-state index is 7.51. The van der Waals surface area contributed by atoms with Crippen LogP contribution in [0.5, 0.6) is 0 Å². The topological polar surface area (TPSA) is 69.8 Å². The van der Waals surface area contributed by atoms with Gasteiger partial charge in [-0.15, -0.1) is 5.11 Å². The van der Waals surface area contributed by atoms with Gasteiger partial charge in [0, 0.05) is 6.42 Å². The molecular weight excluding hydrogens is 192 g/mol. The third kappa shape index (κ3) is 4.95. The second kappa shape index (κ2) is 5.95. The van der Waals surface area contributed by atoms with Crippen LogP contribution < -0.4 is 5.43 Å². The lowest BCUT2D eigenvalue weighted by molar-refractivity contribution is 0.273. The van der Waals surface area contributed by atoms with Crippen LogP contribution in [0.1, 0.15) is 20.3 Å². The number of nitrogens with zero attached hydrogens (tertiary/aromatic N) is 2. The quantitative estimate of drug-likeness (QED) is 0.322. The summed E-state index contributed by atoms with van der Waals surface area (Å²) in [5.41, 5.74) is 3.32. The number of ether oxygens (including phenoxy) is 1. The number of amidine groups is 1. The Bertz CT molecular complexity index is 305. The molecule has 0 aromatic carbocycles. The first-order valence-electron chi connectivity index (χ1n) is 4.90. The molecule has 0 atom stereocenters. The molecule has 0 aromatic heterocycles. The molecule has 0 fully saturated rings. The minimum absolute atomic E-state index is 0.376. The third-order valence-corrected chi connectivity index (χ3v) is 1.67. The second-order valence-electron chi connectivity index (χ2n) is 3.69. The minimum atomic E-state index is 0.376. The van der Waals surface area contributed by atoms with Gasteiger partial charge in [-0.25, -0.2) is 5.43 Å². The number of allylic oxidation sites excluding steroid dienone is 2. The lowest BCUT2D eigenvalue weighted by Crippen LogP contribution is -2.17. The summed E-state index contributed by atoms with van der Waals surface area (Å²) < 4.78 is 5.02. The van der Waals surface area contributed by atoms with Crippen molar-refractivity contribution in [1.82, 2.24) is 5.43 Å². The second-order valence-corrected chi connectivity index (χ2v) is 3.69. The Morgan fingerprint density at radius 2 is 2.47 bits per heavy atom. The van der Waals surface area contributed by atoms with Crippen LogP contribution in [0.2, 0.25) is 0 Å². The first-order chi connectivity index (χ1) is 7.18. The molecule has 0 saturated carbocycles. The van der Waals surface area contributed by atoms with Crippen molar-refractivity contribution in [2.45, 2.75) is 20.3 Å². The molecule has 0 bridgehead atoms. The summed E-state index contributed by atoms with van der Waals surface area (Å²) in [6.45, 7) is 4.53. The number of hydrogen-bond acceptors (Lipinski definition) is 4. The fourth-order valence-electron chi connectivity index (χ4n) is 1.05. The molecule has 0 spiro atoms. The minimum Gasteiger partial charge on any atom is -0.495 e. The van der Waals surface area contributed by atoms with Crippen molar-refractivity contribution in [2.24, 2.45) is 16.3 Å². The zero-order valence-corrected chi connectivity index (χ0v) is 9.03. The Balaban J connectivity index is 2.29. The predicted molar refractivity (Wildman–Crippen MR) is 58.3 cm³/mol. The Kier molecular flexibility index (Phi) is 4.53. The van der Waals surface area contributed by atoms with Gasteiger partial charge in [-0.1, -0.05) is 19.1 Å². The highest BCUT2D eigenvalue weighted by Gasteiger charge is 2.00. The van der Waals surface area contributed by atoms with E-state index in [9.17, 15) is 0 Å². The van der Waals surface area contributed by atoms with E-state index in [1.807, 2.05) is 6.08 Å². The molecule has 1 rings (SSSR count). The summed E-state index contributed by atoms with van der Waals surface area (Å²) in [4.78, 5) is 0. The van der Waals surface area contributed by atoms with Gasteiger partial charge in [0.1, 0.15) is 18.1 Å². The molecule has 0 aromatic rings.